The first kappa shape index (κ1) is 18.3. The van der Waals surface area contributed by atoms with Gasteiger partial charge in [0.1, 0.15) is 5.82 Å². The maximum Gasteiger partial charge on any atom is 0.337 e. The van der Waals surface area contributed by atoms with Crippen LogP contribution in [0.15, 0.2) is 53.1 Å². The molecule has 2 aromatic carbocycles. The Balaban J connectivity index is 1.38. The molecule has 0 amide bonds. The molecule has 1 aliphatic heterocycles. The second-order valence-electron chi connectivity index (χ2n) is 6.85. The van der Waals surface area contributed by atoms with Crippen LogP contribution in [-0.4, -0.2) is 41.2 Å². The zero-order chi connectivity index (χ0) is 19.5. The molecule has 144 valence electrons. The molecule has 6 nitrogen and oxygen atoms in total. The van der Waals surface area contributed by atoms with Crippen LogP contribution in [0.3, 0.4) is 0 Å². The van der Waals surface area contributed by atoms with Crippen molar-refractivity contribution in [3.05, 3.63) is 71.4 Å². The Kier molecular flexibility index (Phi) is 5.16. The largest absolute Gasteiger partial charge is 0.465 e. The van der Waals surface area contributed by atoms with Gasteiger partial charge >= 0.3 is 5.97 Å². The van der Waals surface area contributed by atoms with Gasteiger partial charge < -0.3 is 9.26 Å². The number of hydrogen-bond acceptors (Lipinski definition) is 6. The number of hydrogen-bond donors (Lipinski definition) is 0. The molecule has 0 bridgehead atoms. The molecule has 3 aromatic rings. The van der Waals surface area contributed by atoms with Gasteiger partial charge in [0.25, 0.3) is 0 Å². The maximum atomic E-state index is 13.1. The Morgan fingerprint density at radius 3 is 2.68 bits per heavy atom. The summed E-state index contributed by atoms with van der Waals surface area (Å²) in [6.07, 6.45) is 1.02. The van der Waals surface area contributed by atoms with E-state index in [1.54, 1.807) is 24.3 Å². The Labute approximate surface area is 161 Å². The molecule has 2 heterocycles. The van der Waals surface area contributed by atoms with Crippen LogP contribution in [-0.2, 0) is 11.3 Å². The normalized spacial score (nSPS) is 17.0. The van der Waals surface area contributed by atoms with Crippen LogP contribution in [0.4, 0.5) is 4.39 Å². The van der Waals surface area contributed by atoms with Gasteiger partial charge in [-0.05, 0) is 48.7 Å². The molecule has 7 heteroatoms. The number of likely N-dealkylation sites (tertiary alicyclic amines) is 1. The number of carbonyl (C=O) groups excluding carboxylic acids is 1. The molecule has 1 unspecified atom stereocenters. The lowest BCUT2D eigenvalue weighted by Crippen LogP contribution is -2.20. The highest BCUT2D eigenvalue weighted by Gasteiger charge is 2.25. The molecule has 0 aliphatic carbocycles. The van der Waals surface area contributed by atoms with Crippen molar-refractivity contribution in [2.45, 2.75) is 18.9 Å². The van der Waals surface area contributed by atoms with Gasteiger partial charge in [-0.2, -0.15) is 4.98 Å². The number of esters is 1. The van der Waals surface area contributed by atoms with E-state index >= 15 is 0 Å². The average Bonchev–Trinajstić information content (AvgIpc) is 3.38. The second kappa shape index (κ2) is 7.90. The molecule has 1 aromatic heterocycles. The fourth-order valence-electron chi connectivity index (χ4n) is 3.48. The number of halogens is 1. The monoisotopic (exact) mass is 381 g/mol. The van der Waals surface area contributed by atoms with Crippen LogP contribution in [0.2, 0.25) is 0 Å². The summed E-state index contributed by atoms with van der Waals surface area (Å²) in [5, 5.41) is 4.04. The van der Waals surface area contributed by atoms with Crippen molar-refractivity contribution in [2.24, 2.45) is 0 Å². The van der Waals surface area contributed by atoms with E-state index in [-0.39, 0.29) is 11.8 Å². The van der Waals surface area contributed by atoms with Gasteiger partial charge in [-0.1, -0.05) is 29.4 Å². The summed E-state index contributed by atoms with van der Waals surface area (Å²) in [4.78, 5) is 18.2. The molecule has 0 saturated carbocycles. The minimum Gasteiger partial charge on any atom is -0.465 e. The third kappa shape index (κ3) is 3.94. The van der Waals surface area contributed by atoms with Crippen molar-refractivity contribution in [3.63, 3.8) is 0 Å². The average molecular weight is 381 g/mol. The van der Waals surface area contributed by atoms with Gasteiger partial charge in [0.2, 0.25) is 11.7 Å². The number of methoxy groups -OCH3 is 1. The third-order valence-corrected chi connectivity index (χ3v) is 5.00. The predicted molar refractivity (Wildman–Crippen MR) is 100 cm³/mol. The van der Waals surface area contributed by atoms with E-state index in [2.05, 4.69) is 15.0 Å². The molecule has 1 atom stereocenters. The lowest BCUT2D eigenvalue weighted by atomic mass is 9.99. The molecule has 4 rings (SSSR count). The number of ether oxygens (including phenoxy) is 1. The molecule has 0 N–H and O–H groups in total. The van der Waals surface area contributed by atoms with Crippen LogP contribution in [0.25, 0.3) is 11.4 Å². The number of aromatic nitrogens is 2. The highest BCUT2D eigenvalue weighted by atomic mass is 19.1. The van der Waals surface area contributed by atoms with Crippen molar-refractivity contribution in [3.8, 4) is 11.4 Å². The van der Waals surface area contributed by atoms with Gasteiger partial charge in [0.05, 0.1) is 19.2 Å². The second-order valence-corrected chi connectivity index (χ2v) is 6.85. The van der Waals surface area contributed by atoms with E-state index in [9.17, 15) is 9.18 Å². The highest BCUT2D eigenvalue weighted by molar-refractivity contribution is 5.89. The predicted octanol–water partition coefficient (Wildman–Crippen LogP) is 3.65. The van der Waals surface area contributed by atoms with E-state index < -0.39 is 0 Å². The van der Waals surface area contributed by atoms with Crippen molar-refractivity contribution >= 4 is 5.97 Å². The zero-order valence-corrected chi connectivity index (χ0v) is 15.5. The van der Waals surface area contributed by atoms with Crippen molar-refractivity contribution in [1.82, 2.24) is 15.0 Å². The lowest BCUT2D eigenvalue weighted by molar-refractivity contribution is 0.0600. The molecule has 1 saturated heterocycles. The Hall–Kier alpha value is -3.06. The summed E-state index contributed by atoms with van der Waals surface area (Å²) in [6.45, 7) is 2.37. The summed E-state index contributed by atoms with van der Waals surface area (Å²) in [5.74, 6) is 0.822. The Morgan fingerprint density at radius 1 is 1.21 bits per heavy atom. The summed E-state index contributed by atoms with van der Waals surface area (Å²) in [5.41, 5.74) is 2.40. The molecular formula is C21H20FN3O3. The first-order valence-electron chi connectivity index (χ1n) is 9.11. The fraction of sp³-hybridized carbons (Fsp3) is 0.286. The molecule has 1 aliphatic rings. The van der Waals surface area contributed by atoms with Crippen LogP contribution in [0.5, 0.6) is 0 Å². The molecular weight excluding hydrogens is 361 g/mol. The maximum absolute atomic E-state index is 13.1. The molecule has 1 fully saturated rings. The van der Waals surface area contributed by atoms with Crippen LogP contribution >= 0.6 is 0 Å². The fourth-order valence-corrected chi connectivity index (χ4v) is 3.48. The standard InChI is InChI=1S/C21H20FN3O3/c1-27-21(26)16-4-2-15(3-5-16)20-23-19(28-24-20)13-25-11-10-17(12-25)14-6-8-18(22)9-7-14/h2-9,17H,10-13H2,1H3. The minimum absolute atomic E-state index is 0.211. The molecule has 28 heavy (non-hydrogen) atoms. The van der Waals surface area contributed by atoms with E-state index in [0.29, 0.717) is 29.7 Å². The number of benzene rings is 2. The van der Waals surface area contributed by atoms with Crippen LogP contribution in [0.1, 0.15) is 34.2 Å². The van der Waals surface area contributed by atoms with Gasteiger partial charge in [0.15, 0.2) is 0 Å². The van der Waals surface area contributed by atoms with E-state index in [0.717, 1.165) is 30.6 Å². The number of carbonyl (C=O) groups is 1. The van der Waals surface area contributed by atoms with Gasteiger partial charge in [0, 0.05) is 12.1 Å². The van der Waals surface area contributed by atoms with E-state index in [4.69, 9.17) is 9.26 Å². The zero-order valence-electron chi connectivity index (χ0n) is 15.5. The summed E-state index contributed by atoms with van der Waals surface area (Å²) in [7, 11) is 1.35. The first-order chi connectivity index (χ1) is 13.6. The van der Waals surface area contributed by atoms with Gasteiger partial charge in [-0.15, -0.1) is 0 Å². The SMILES string of the molecule is COC(=O)c1ccc(-c2noc(CN3CCC(c4ccc(F)cc4)C3)n2)cc1. The summed E-state index contributed by atoms with van der Waals surface area (Å²) < 4.78 is 23.2. The smallest absolute Gasteiger partial charge is 0.337 e. The van der Waals surface area contributed by atoms with Gasteiger partial charge in [-0.3, -0.25) is 4.90 Å². The van der Waals surface area contributed by atoms with E-state index in [1.165, 1.54) is 19.2 Å². The van der Waals surface area contributed by atoms with E-state index in [1.807, 2.05) is 12.1 Å². The van der Waals surface area contributed by atoms with Crippen molar-refractivity contribution in [1.29, 1.82) is 0 Å². The Bertz CT molecular complexity index is 954. The topological polar surface area (TPSA) is 68.5 Å². The third-order valence-electron chi connectivity index (χ3n) is 5.00. The van der Waals surface area contributed by atoms with Crippen molar-refractivity contribution in [2.75, 3.05) is 20.2 Å². The van der Waals surface area contributed by atoms with Crippen LogP contribution < -0.4 is 0 Å². The number of nitrogens with zero attached hydrogens (tertiary/aromatic N) is 3. The van der Waals surface area contributed by atoms with Gasteiger partial charge in [-0.25, -0.2) is 9.18 Å². The molecule has 0 spiro atoms. The number of rotatable bonds is 5. The first-order valence-corrected chi connectivity index (χ1v) is 9.11. The quantitative estimate of drug-likeness (QED) is 0.629. The molecule has 0 radical (unpaired) electrons. The Morgan fingerprint density at radius 2 is 1.96 bits per heavy atom. The minimum atomic E-state index is -0.384. The summed E-state index contributed by atoms with van der Waals surface area (Å²) in [6, 6.07) is 13.6. The lowest BCUT2D eigenvalue weighted by Gasteiger charge is -2.13. The summed E-state index contributed by atoms with van der Waals surface area (Å²) >= 11 is 0. The highest BCUT2D eigenvalue weighted by Crippen LogP contribution is 2.28. The van der Waals surface area contributed by atoms with Crippen LogP contribution in [0, 0.1) is 5.82 Å². The van der Waals surface area contributed by atoms with Crippen molar-refractivity contribution < 1.29 is 18.4 Å².